The molecule has 11 heteroatoms. The van der Waals surface area contributed by atoms with Crippen LogP contribution in [0.15, 0.2) is 40.2 Å². The second kappa shape index (κ2) is 9.11. The van der Waals surface area contributed by atoms with E-state index in [1.54, 1.807) is 35.1 Å². The summed E-state index contributed by atoms with van der Waals surface area (Å²) in [6.07, 6.45) is 3.24. The molecule has 2 aromatic heterocycles. The van der Waals surface area contributed by atoms with Crippen molar-refractivity contribution in [1.82, 2.24) is 19.5 Å². The van der Waals surface area contributed by atoms with Crippen LogP contribution in [-0.4, -0.2) is 43.4 Å². The Morgan fingerprint density at radius 1 is 1.31 bits per heavy atom. The third kappa shape index (κ3) is 4.57. The molecule has 4 rings (SSSR count). The van der Waals surface area contributed by atoms with Crippen LogP contribution >= 0.6 is 0 Å². The van der Waals surface area contributed by atoms with Crippen LogP contribution in [0.2, 0.25) is 0 Å². The van der Waals surface area contributed by atoms with Crippen molar-refractivity contribution >= 4 is 32.4 Å². The van der Waals surface area contributed by atoms with E-state index in [0.717, 1.165) is 6.42 Å². The van der Waals surface area contributed by atoms with Gasteiger partial charge in [0.15, 0.2) is 5.82 Å². The monoisotopic (exact) mass is 498 g/mol. The molecule has 1 aliphatic rings. The first-order chi connectivity index (χ1) is 16.5. The van der Waals surface area contributed by atoms with Gasteiger partial charge in [-0.2, -0.15) is 10.4 Å². The highest BCUT2D eigenvalue weighted by Gasteiger charge is 2.38. The zero-order chi connectivity index (χ0) is 25.4. The van der Waals surface area contributed by atoms with Crippen LogP contribution in [0.5, 0.6) is 0 Å². The number of nitrogens with one attached hydrogen (secondary N) is 3. The Bertz CT molecular complexity index is 1450. The molecule has 3 heterocycles. The summed E-state index contributed by atoms with van der Waals surface area (Å²) in [5, 5.41) is 17.9. The third-order valence-electron chi connectivity index (χ3n) is 6.37. The lowest BCUT2D eigenvalue weighted by atomic mass is 9.87. The number of nitriles is 1. The van der Waals surface area contributed by atoms with Crippen molar-refractivity contribution in [2.24, 2.45) is 0 Å². The molecule has 1 atom stereocenters. The number of sulfonamides is 1. The maximum atomic E-state index is 12.9. The van der Waals surface area contributed by atoms with Gasteiger partial charge >= 0.3 is 0 Å². The normalized spacial score (nSPS) is 18.9. The zero-order valence-corrected chi connectivity index (χ0v) is 21.1. The lowest BCUT2D eigenvalue weighted by molar-refractivity contribution is -0.00174. The van der Waals surface area contributed by atoms with Crippen LogP contribution in [0.3, 0.4) is 0 Å². The molecule has 1 unspecified atom stereocenters. The molecule has 0 spiro atoms. The zero-order valence-electron chi connectivity index (χ0n) is 20.3. The van der Waals surface area contributed by atoms with Crippen LogP contribution in [0, 0.1) is 11.3 Å². The van der Waals surface area contributed by atoms with E-state index >= 15 is 0 Å². The first-order valence-corrected chi connectivity index (χ1v) is 12.9. The number of aromatic amines is 1. The fourth-order valence-electron chi connectivity index (χ4n) is 4.57. The Kier molecular flexibility index (Phi) is 6.48. The van der Waals surface area contributed by atoms with Gasteiger partial charge in [0.05, 0.1) is 35.0 Å². The van der Waals surface area contributed by atoms with Crippen LogP contribution in [0.4, 0.5) is 11.5 Å². The topological polar surface area (TPSA) is 142 Å². The van der Waals surface area contributed by atoms with Gasteiger partial charge < -0.3 is 15.0 Å². The maximum absolute atomic E-state index is 12.9. The van der Waals surface area contributed by atoms with E-state index in [0.29, 0.717) is 47.6 Å². The van der Waals surface area contributed by atoms with Crippen molar-refractivity contribution < 1.29 is 13.2 Å². The summed E-state index contributed by atoms with van der Waals surface area (Å²) in [6, 6.07) is 8.98. The lowest BCUT2D eigenvalue weighted by Crippen LogP contribution is -2.42. The minimum absolute atomic E-state index is 0.193. The van der Waals surface area contributed by atoms with E-state index in [2.05, 4.69) is 21.1 Å². The number of H-pyrrole nitrogens is 1. The van der Waals surface area contributed by atoms with Crippen LogP contribution in [-0.2, 0) is 25.7 Å². The number of aromatic nitrogens is 3. The summed E-state index contributed by atoms with van der Waals surface area (Å²) in [5.41, 5.74) is 0.352. The van der Waals surface area contributed by atoms with Gasteiger partial charge in [0.25, 0.3) is 5.56 Å². The third-order valence-corrected chi connectivity index (χ3v) is 7.84. The number of ether oxygens (including phenoxy) is 1. The van der Waals surface area contributed by atoms with Gasteiger partial charge in [0.1, 0.15) is 5.39 Å². The Hall–Kier alpha value is -3.20. The molecule has 0 radical (unpaired) electrons. The molecule has 1 fully saturated rings. The van der Waals surface area contributed by atoms with Gasteiger partial charge in [-0.05, 0) is 55.1 Å². The van der Waals surface area contributed by atoms with Gasteiger partial charge in [-0.3, -0.25) is 9.48 Å². The lowest BCUT2D eigenvalue weighted by Gasteiger charge is -2.35. The van der Waals surface area contributed by atoms with Crippen molar-refractivity contribution in [1.29, 1.82) is 5.26 Å². The predicted molar refractivity (Wildman–Crippen MR) is 133 cm³/mol. The molecule has 1 aliphatic heterocycles. The quantitative estimate of drug-likeness (QED) is 0.474. The van der Waals surface area contributed by atoms with Crippen molar-refractivity contribution in [2.75, 3.05) is 25.6 Å². The summed E-state index contributed by atoms with van der Waals surface area (Å²) in [7, 11) is -2.28. The number of fused-ring (bicyclic) bond motifs is 1. The minimum Gasteiger partial charge on any atom is -0.379 e. The smallest absolute Gasteiger partial charge is 0.261 e. The Morgan fingerprint density at radius 3 is 2.71 bits per heavy atom. The second-order valence-corrected chi connectivity index (χ2v) is 11.7. The summed E-state index contributed by atoms with van der Waals surface area (Å²) in [5.74, 6) is 0.328. The average molecular weight is 499 g/mol. The summed E-state index contributed by atoms with van der Waals surface area (Å²) in [4.78, 5) is 15.8. The molecule has 35 heavy (non-hydrogen) atoms. The fourth-order valence-corrected chi connectivity index (χ4v) is 5.69. The number of benzene rings is 1. The van der Waals surface area contributed by atoms with Crippen molar-refractivity contribution in [3.05, 3.63) is 46.4 Å². The molecule has 1 aromatic carbocycles. The first-order valence-electron chi connectivity index (χ1n) is 11.4. The molecule has 0 bridgehead atoms. The van der Waals surface area contributed by atoms with E-state index in [4.69, 9.17) is 9.84 Å². The van der Waals surface area contributed by atoms with Crippen molar-refractivity contribution in [2.45, 2.75) is 55.9 Å². The van der Waals surface area contributed by atoms with Crippen LogP contribution < -0.4 is 15.6 Å². The minimum atomic E-state index is -3.66. The van der Waals surface area contributed by atoms with E-state index in [1.165, 1.54) is 7.05 Å². The fraction of sp³-hybridized carbons (Fsp3) is 0.458. The Morgan fingerprint density at radius 2 is 2.09 bits per heavy atom. The molecule has 10 nitrogen and oxygen atoms in total. The average Bonchev–Trinajstić information content (AvgIpc) is 3.19. The van der Waals surface area contributed by atoms with E-state index < -0.39 is 21.0 Å². The number of pyridine rings is 1. The number of nitrogens with zero attached hydrogens (tertiary/aromatic N) is 3. The van der Waals surface area contributed by atoms with Gasteiger partial charge in [0, 0.05) is 18.5 Å². The van der Waals surface area contributed by atoms with Crippen LogP contribution in [0.25, 0.3) is 10.9 Å². The molecular formula is C24H30N6O4S. The molecular weight excluding hydrogens is 468 g/mol. The number of rotatable bonds is 6. The largest absolute Gasteiger partial charge is 0.379 e. The molecule has 186 valence electrons. The van der Waals surface area contributed by atoms with Gasteiger partial charge in [-0.15, -0.1) is 0 Å². The van der Waals surface area contributed by atoms with E-state index in [1.807, 2.05) is 20.8 Å². The number of hydrogen-bond acceptors (Lipinski definition) is 7. The SMILES string of the molecule is CNS(=O)(=O)c1ccc(Nc2nn(C3(CC#N)CCCOC3)c3cc[nH]c(=O)c23)cc1C(C)(C)C. The van der Waals surface area contributed by atoms with Crippen molar-refractivity contribution in [3.63, 3.8) is 0 Å². The second-order valence-electron chi connectivity index (χ2n) is 9.84. The van der Waals surface area contributed by atoms with Crippen LogP contribution in [0.1, 0.15) is 45.6 Å². The summed E-state index contributed by atoms with van der Waals surface area (Å²) >= 11 is 0. The first kappa shape index (κ1) is 24.9. The van der Waals surface area contributed by atoms with Crippen molar-refractivity contribution in [3.8, 4) is 6.07 Å². The highest BCUT2D eigenvalue weighted by Crippen LogP contribution is 2.36. The summed E-state index contributed by atoms with van der Waals surface area (Å²) in [6.45, 7) is 6.75. The standard InChI is InChI=1S/C24H30N6O4S/c1-23(2,3)17-14-16(6-7-19(17)35(32,33)26-4)28-21-20-18(8-12-27-22(20)31)30(29-21)24(10-11-25)9-5-13-34-15-24/h6-8,12,14,26H,5,9-10,13,15H2,1-4H3,(H,27,31)(H,28,29). The highest BCUT2D eigenvalue weighted by atomic mass is 32.2. The molecule has 1 saturated heterocycles. The van der Waals surface area contributed by atoms with Gasteiger partial charge in [-0.25, -0.2) is 13.1 Å². The maximum Gasteiger partial charge on any atom is 0.261 e. The number of anilines is 2. The van der Waals surface area contributed by atoms with Gasteiger partial charge in [0.2, 0.25) is 10.0 Å². The molecule has 3 aromatic rings. The van der Waals surface area contributed by atoms with E-state index in [9.17, 15) is 18.5 Å². The van der Waals surface area contributed by atoms with E-state index in [-0.39, 0.29) is 16.9 Å². The molecule has 0 aliphatic carbocycles. The molecule has 3 N–H and O–H groups in total. The highest BCUT2D eigenvalue weighted by molar-refractivity contribution is 7.89. The Labute approximate surface area is 204 Å². The summed E-state index contributed by atoms with van der Waals surface area (Å²) < 4.78 is 35.1. The van der Waals surface area contributed by atoms with Gasteiger partial charge in [-0.1, -0.05) is 20.8 Å². The Balaban J connectivity index is 1.87. The predicted octanol–water partition coefficient (Wildman–Crippen LogP) is 3.09. The number of hydrogen-bond donors (Lipinski definition) is 3. The molecule has 0 amide bonds. The molecule has 0 saturated carbocycles.